The highest BCUT2D eigenvalue weighted by molar-refractivity contribution is 6.39. The van der Waals surface area contributed by atoms with E-state index in [1.165, 1.54) is 31.4 Å². The van der Waals surface area contributed by atoms with Gasteiger partial charge in [0.25, 0.3) is 17.7 Å². The van der Waals surface area contributed by atoms with Crippen molar-refractivity contribution in [2.24, 2.45) is 0 Å². The van der Waals surface area contributed by atoms with Gasteiger partial charge in [0.15, 0.2) is 18.1 Å². The van der Waals surface area contributed by atoms with Gasteiger partial charge in [-0.25, -0.2) is 9.69 Å². The number of amides is 5. The molecule has 11 heteroatoms. The van der Waals surface area contributed by atoms with Crippen LogP contribution in [0.5, 0.6) is 11.5 Å². The van der Waals surface area contributed by atoms with Gasteiger partial charge in [-0.3, -0.25) is 19.7 Å². The number of carbonyl (C=O) groups is 4. The Morgan fingerprint density at radius 3 is 2.39 bits per heavy atom. The Kier molecular flexibility index (Phi) is 7.99. The predicted molar refractivity (Wildman–Crippen MR) is 144 cm³/mol. The van der Waals surface area contributed by atoms with Gasteiger partial charge in [0, 0.05) is 15.7 Å². The topological polar surface area (TPSA) is 114 Å². The number of barbiturate groups is 1. The maximum atomic E-state index is 13.2. The lowest BCUT2D eigenvalue weighted by molar-refractivity contribution is -0.122. The van der Waals surface area contributed by atoms with Crippen molar-refractivity contribution < 1.29 is 28.7 Å². The number of benzene rings is 3. The van der Waals surface area contributed by atoms with Crippen molar-refractivity contribution in [1.29, 1.82) is 0 Å². The van der Waals surface area contributed by atoms with Crippen molar-refractivity contribution in [3.05, 3.63) is 87.4 Å². The van der Waals surface area contributed by atoms with Crippen LogP contribution in [0.15, 0.2) is 66.2 Å². The van der Waals surface area contributed by atoms with Gasteiger partial charge >= 0.3 is 6.03 Å². The van der Waals surface area contributed by atoms with Crippen molar-refractivity contribution in [1.82, 2.24) is 5.32 Å². The number of methoxy groups -OCH3 is 1. The Morgan fingerprint density at radius 1 is 0.974 bits per heavy atom. The number of nitrogens with zero attached hydrogens (tertiary/aromatic N) is 1. The molecule has 0 atom stereocenters. The molecule has 3 aromatic carbocycles. The highest BCUT2D eigenvalue weighted by atomic mass is 35.5. The smallest absolute Gasteiger partial charge is 0.335 e. The van der Waals surface area contributed by atoms with Crippen LogP contribution in [0.3, 0.4) is 0 Å². The second-order valence-corrected chi connectivity index (χ2v) is 9.02. The highest BCUT2D eigenvalue weighted by Crippen LogP contribution is 2.31. The van der Waals surface area contributed by atoms with Gasteiger partial charge < -0.3 is 14.8 Å². The number of nitrogens with one attached hydrogen (secondary N) is 2. The molecule has 1 aliphatic rings. The van der Waals surface area contributed by atoms with Crippen LogP contribution in [0.4, 0.5) is 16.2 Å². The molecule has 1 fully saturated rings. The molecule has 2 N–H and O–H groups in total. The van der Waals surface area contributed by atoms with Gasteiger partial charge in [-0.1, -0.05) is 35.3 Å². The molecule has 0 saturated carbocycles. The molecule has 0 radical (unpaired) electrons. The Hall–Kier alpha value is -4.34. The van der Waals surface area contributed by atoms with E-state index in [0.29, 0.717) is 26.9 Å². The first kappa shape index (κ1) is 26.7. The average molecular weight is 554 g/mol. The molecule has 4 rings (SSSR count). The minimum Gasteiger partial charge on any atom is -0.493 e. The van der Waals surface area contributed by atoms with E-state index in [1.54, 1.807) is 49.4 Å². The lowest BCUT2D eigenvalue weighted by atomic mass is 10.1. The molecule has 0 aliphatic carbocycles. The number of imide groups is 2. The van der Waals surface area contributed by atoms with E-state index in [1.807, 2.05) is 0 Å². The molecule has 1 heterocycles. The van der Waals surface area contributed by atoms with Crippen LogP contribution in [-0.2, 0) is 14.4 Å². The van der Waals surface area contributed by atoms with Crippen molar-refractivity contribution in [2.75, 3.05) is 23.9 Å². The lowest BCUT2D eigenvalue weighted by Crippen LogP contribution is -2.54. The van der Waals surface area contributed by atoms with Crippen molar-refractivity contribution in [3.8, 4) is 11.5 Å². The molecule has 3 aromatic rings. The minimum atomic E-state index is -0.874. The number of urea groups is 1. The summed E-state index contributed by atoms with van der Waals surface area (Å²) in [7, 11) is 1.41. The molecular weight excluding hydrogens is 533 g/mol. The summed E-state index contributed by atoms with van der Waals surface area (Å²) in [6.45, 7) is 1.42. The molecular formula is C27H21Cl2N3O6. The molecule has 5 amide bonds. The third-order valence-electron chi connectivity index (χ3n) is 5.50. The van der Waals surface area contributed by atoms with Crippen molar-refractivity contribution >= 4 is 64.4 Å². The normalized spacial score (nSPS) is 14.4. The first-order chi connectivity index (χ1) is 18.2. The maximum Gasteiger partial charge on any atom is 0.335 e. The molecule has 1 saturated heterocycles. The van der Waals surface area contributed by atoms with Gasteiger partial charge in [-0.2, -0.15) is 0 Å². The van der Waals surface area contributed by atoms with Gasteiger partial charge in [-0.15, -0.1) is 0 Å². The third-order valence-corrected chi connectivity index (χ3v) is 5.99. The predicted octanol–water partition coefficient (Wildman–Crippen LogP) is 4.99. The summed E-state index contributed by atoms with van der Waals surface area (Å²) in [6, 6.07) is 15.2. The van der Waals surface area contributed by atoms with Crippen LogP contribution < -0.4 is 25.0 Å². The van der Waals surface area contributed by atoms with Gasteiger partial charge in [0.2, 0.25) is 0 Å². The van der Waals surface area contributed by atoms with Crippen LogP contribution in [-0.4, -0.2) is 37.5 Å². The Bertz CT molecular complexity index is 1470. The zero-order valence-corrected chi connectivity index (χ0v) is 21.7. The number of aryl methyl sites for hydroxylation is 1. The molecule has 194 valence electrons. The van der Waals surface area contributed by atoms with E-state index < -0.39 is 23.8 Å². The minimum absolute atomic E-state index is 0.261. The number of rotatable bonds is 7. The summed E-state index contributed by atoms with van der Waals surface area (Å²) < 4.78 is 11.0. The molecule has 0 aromatic heterocycles. The van der Waals surface area contributed by atoms with Gasteiger partial charge in [0.05, 0.1) is 12.8 Å². The second-order valence-electron chi connectivity index (χ2n) is 8.14. The fourth-order valence-corrected chi connectivity index (χ4v) is 3.93. The van der Waals surface area contributed by atoms with Crippen LogP contribution in [0.25, 0.3) is 6.08 Å². The standard InChI is InChI=1S/C27H21Cl2N3O6/c1-15-3-5-18(29)13-21(15)32-26(35)20(25(34)31-27(32)36)11-16-4-10-22(23(12-16)37-2)38-14-24(33)30-19-8-6-17(28)7-9-19/h3-13H,14H2,1-2H3,(H,30,33)(H,31,34,36)/b20-11+. The summed E-state index contributed by atoms with van der Waals surface area (Å²) in [4.78, 5) is 51.4. The third kappa shape index (κ3) is 5.96. The maximum absolute atomic E-state index is 13.2. The number of ether oxygens (including phenoxy) is 2. The number of carbonyl (C=O) groups excluding carboxylic acids is 4. The molecule has 38 heavy (non-hydrogen) atoms. The quantitative estimate of drug-likeness (QED) is 0.314. The molecule has 0 bridgehead atoms. The van der Waals surface area contributed by atoms with Crippen LogP contribution in [0, 0.1) is 6.92 Å². The fraction of sp³-hybridized carbons (Fsp3) is 0.111. The number of halogens is 2. The first-order valence-electron chi connectivity index (χ1n) is 11.2. The van der Waals surface area contributed by atoms with Gasteiger partial charge in [0.1, 0.15) is 5.57 Å². The highest BCUT2D eigenvalue weighted by Gasteiger charge is 2.37. The summed E-state index contributed by atoms with van der Waals surface area (Å²) in [5, 5.41) is 5.74. The molecule has 0 unspecified atom stereocenters. The SMILES string of the molecule is COc1cc(/C=C2\C(=O)NC(=O)N(c3cc(Cl)ccc3C)C2=O)ccc1OCC(=O)Nc1ccc(Cl)cc1. The van der Waals surface area contributed by atoms with Crippen LogP contribution in [0.1, 0.15) is 11.1 Å². The van der Waals surface area contributed by atoms with Gasteiger partial charge in [-0.05, 0) is 72.7 Å². The zero-order chi connectivity index (χ0) is 27.4. The number of hydrogen-bond donors (Lipinski definition) is 2. The largest absolute Gasteiger partial charge is 0.493 e. The monoisotopic (exact) mass is 553 g/mol. The van der Waals surface area contributed by atoms with E-state index >= 15 is 0 Å². The second kappa shape index (κ2) is 11.4. The van der Waals surface area contributed by atoms with Crippen molar-refractivity contribution in [2.45, 2.75) is 6.92 Å². The lowest BCUT2D eigenvalue weighted by Gasteiger charge is -2.27. The van der Waals surface area contributed by atoms with E-state index in [0.717, 1.165) is 4.90 Å². The number of hydrogen-bond acceptors (Lipinski definition) is 6. The summed E-state index contributed by atoms with van der Waals surface area (Å²) in [6.07, 6.45) is 1.33. The van der Waals surface area contributed by atoms with Crippen molar-refractivity contribution in [3.63, 3.8) is 0 Å². The summed E-state index contributed by atoms with van der Waals surface area (Å²) in [5.74, 6) is -1.50. The van der Waals surface area contributed by atoms with Crippen LogP contribution >= 0.6 is 23.2 Å². The number of anilines is 2. The van der Waals surface area contributed by atoms with E-state index in [4.69, 9.17) is 32.7 Å². The summed E-state index contributed by atoms with van der Waals surface area (Å²) in [5.41, 5.74) is 1.61. The Morgan fingerprint density at radius 2 is 1.68 bits per heavy atom. The Labute approximate surface area is 227 Å². The Balaban J connectivity index is 1.53. The zero-order valence-electron chi connectivity index (χ0n) is 20.2. The van der Waals surface area contributed by atoms with E-state index in [9.17, 15) is 19.2 Å². The molecule has 1 aliphatic heterocycles. The first-order valence-corrected chi connectivity index (χ1v) is 12.0. The van der Waals surface area contributed by atoms with Crippen LogP contribution in [0.2, 0.25) is 10.0 Å². The molecule has 9 nitrogen and oxygen atoms in total. The molecule has 0 spiro atoms. The fourth-order valence-electron chi connectivity index (χ4n) is 3.63. The average Bonchev–Trinajstić information content (AvgIpc) is 2.88. The van der Waals surface area contributed by atoms with E-state index in [2.05, 4.69) is 10.6 Å². The van der Waals surface area contributed by atoms with E-state index in [-0.39, 0.29) is 29.4 Å². The summed E-state index contributed by atoms with van der Waals surface area (Å²) >= 11 is 11.9.